The molecule has 1 amide bonds. The number of pyridine rings is 2. The Morgan fingerprint density at radius 2 is 2.10 bits per heavy atom. The van der Waals surface area contributed by atoms with Gasteiger partial charge in [0.2, 0.25) is 5.95 Å². The molecular formula is C23H21FN6O. The minimum atomic E-state index is -0.499. The molecule has 3 aromatic rings. The Morgan fingerprint density at radius 3 is 2.90 bits per heavy atom. The maximum Gasteiger partial charge on any atom is 0.270 e. The van der Waals surface area contributed by atoms with Gasteiger partial charge in [0.15, 0.2) is 5.82 Å². The molecule has 0 saturated heterocycles. The van der Waals surface area contributed by atoms with Gasteiger partial charge in [0.1, 0.15) is 12.0 Å². The molecule has 0 radical (unpaired) electrons. The Kier molecular flexibility index (Phi) is 4.89. The van der Waals surface area contributed by atoms with E-state index in [0.717, 1.165) is 35.4 Å². The highest BCUT2D eigenvalue weighted by molar-refractivity contribution is 5.94. The SMILES string of the molecule is Cc1cc(-c2ccnc(C(=O)NC3C=CC=C(c4nncn4C4CC4)C3)c2)cnc1F. The number of halogens is 1. The van der Waals surface area contributed by atoms with Gasteiger partial charge < -0.3 is 9.88 Å². The second-order valence-corrected chi connectivity index (χ2v) is 7.92. The first-order valence-corrected chi connectivity index (χ1v) is 10.2. The van der Waals surface area contributed by atoms with E-state index in [1.807, 2.05) is 18.2 Å². The van der Waals surface area contributed by atoms with Crippen LogP contribution in [-0.4, -0.2) is 36.7 Å². The van der Waals surface area contributed by atoms with Crippen LogP contribution in [0.4, 0.5) is 4.39 Å². The van der Waals surface area contributed by atoms with E-state index in [-0.39, 0.29) is 11.9 Å². The van der Waals surface area contributed by atoms with Crippen molar-refractivity contribution in [3.05, 3.63) is 78.2 Å². The van der Waals surface area contributed by atoms with Crippen LogP contribution >= 0.6 is 0 Å². The maximum atomic E-state index is 13.5. The van der Waals surface area contributed by atoms with Gasteiger partial charge in [0, 0.05) is 29.6 Å². The number of aromatic nitrogens is 5. The van der Waals surface area contributed by atoms with Gasteiger partial charge in [-0.2, -0.15) is 4.39 Å². The smallest absolute Gasteiger partial charge is 0.270 e. The molecular weight excluding hydrogens is 395 g/mol. The van der Waals surface area contributed by atoms with Gasteiger partial charge in [-0.05, 0) is 55.5 Å². The molecule has 1 saturated carbocycles. The highest BCUT2D eigenvalue weighted by Crippen LogP contribution is 2.37. The number of rotatable bonds is 5. The second kappa shape index (κ2) is 7.86. The molecule has 1 unspecified atom stereocenters. The third kappa shape index (κ3) is 4.01. The van der Waals surface area contributed by atoms with Crippen LogP contribution in [0.3, 0.4) is 0 Å². The summed E-state index contributed by atoms with van der Waals surface area (Å²) >= 11 is 0. The zero-order chi connectivity index (χ0) is 21.4. The van der Waals surface area contributed by atoms with E-state index < -0.39 is 5.95 Å². The fraction of sp³-hybridized carbons (Fsp3) is 0.261. The lowest BCUT2D eigenvalue weighted by molar-refractivity contribution is 0.0940. The molecule has 0 spiro atoms. The predicted molar refractivity (Wildman–Crippen MR) is 113 cm³/mol. The maximum absolute atomic E-state index is 13.5. The van der Waals surface area contributed by atoms with Crippen molar-refractivity contribution in [2.75, 3.05) is 0 Å². The molecule has 3 heterocycles. The molecule has 5 rings (SSSR count). The minimum Gasteiger partial charge on any atom is -0.344 e. The number of nitrogens with zero attached hydrogens (tertiary/aromatic N) is 5. The largest absolute Gasteiger partial charge is 0.344 e. The fourth-order valence-corrected chi connectivity index (χ4v) is 3.73. The summed E-state index contributed by atoms with van der Waals surface area (Å²) in [4.78, 5) is 20.8. The van der Waals surface area contributed by atoms with Crippen LogP contribution < -0.4 is 5.32 Å². The molecule has 0 aromatic carbocycles. The third-order valence-corrected chi connectivity index (χ3v) is 5.54. The summed E-state index contributed by atoms with van der Waals surface area (Å²) in [7, 11) is 0. The van der Waals surface area contributed by atoms with Crippen molar-refractivity contribution >= 4 is 11.5 Å². The quantitative estimate of drug-likeness (QED) is 0.642. The molecule has 8 heteroatoms. The first-order chi connectivity index (χ1) is 15.1. The van der Waals surface area contributed by atoms with Crippen molar-refractivity contribution in [1.82, 2.24) is 30.0 Å². The van der Waals surface area contributed by atoms with Gasteiger partial charge in [0.05, 0.1) is 6.04 Å². The first kappa shape index (κ1) is 19.3. The molecule has 1 fully saturated rings. The Morgan fingerprint density at radius 1 is 1.23 bits per heavy atom. The van der Waals surface area contributed by atoms with Crippen LogP contribution in [0.5, 0.6) is 0 Å². The topological polar surface area (TPSA) is 85.6 Å². The molecule has 0 aliphatic heterocycles. The van der Waals surface area contributed by atoms with Gasteiger partial charge in [-0.25, -0.2) is 4.98 Å². The summed E-state index contributed by atoms with van der Waals surface area (Å²) in [5, 5.41) is 11.4. The molecule has 0 bridgehead atoms. The number of carbonyl (C=O) groups is 1. The standard InChI is InChI=1S/C23H21FN6O/c1-14-9-17(12-26-21(14)24)15-7-8-25-20(11-15)23(31)28-18-4-2-3-16(10-18)22-29-27-13-30(22)19-5-6-19/h2-4,7-9,11-13,18-19H,5-6,10H2,1H3,(H,28,31). The zero-order valence-corrected chi connectivity index (χ0v) is 17.0. The zero-order valence-electron chi connectivity index (χ0n) is 17.0. The number of allylic oxidation sites excluding steroid dienone is 2. The van der Waals surface area contributed by atoms with Crippen LogP contribution in [0.1, 0.15) is 47.2 Å². The molecule has 1 atom stereocenters. The van der Waals surface area contributed by atoms with Crippen molar-refractivity contribution in [2.24, 2.45) is 0 Å². The molecule has 1 N–H and O–H groups in total. The van der Waals surface area contributed by atoms with Gasteiger partial charge in [-0.15, -0.1) is 10.2 Å². The van der Waals surface area contributed by atoms with Crippen molar-refractivity contribution < 1.29 is 9.18 Å². The fourth-order valence-electron chi connectivity index (χ4n) is 3.73. The van der Waals surface area contributed by atoms with Gasteiger partial charge in [0.25, 0.3) is 5.91 Å². The molecule has 2 aliphatic rings. The van der Waals surface area contributed by atoms with Crippen molar-refractivity contribution in [2.45, 2.75) is 38.3 Å². The number of amides is 1. The third-order valence-electron chi connectivity index (χ3n) is 5.54. The first-order valence-electron chi connectivity index (χ1n) is 10.2. The van der Waals surface area contributed by atoms with Crippen LogP contribution in [0.15, 0.2) is 55.1 Å². The Labute approximate surface area is 178 Å². The van der Waals surface area contributed by atoms with E-state index >= 15 is 0 Å². The van der Waals surface area contributed by atoms with E-state index in [9.17, 15) is 9.18 Å². The molecule has 31 heavy (non-hydrogen) atoms. The number of nitrogens with one attached hydrogen (secondary N) is 1. The van der Waals surface area contributed by atoms with Crippen LogP contribution in [0.2, 0.25) is 0 Å². The number of hydrogen-bond donors (Lipinski definition) is 1. The molecule has 3 aromatic heterocycles. The summed E-state index contributed by atoms with van der Waals surface area (Å²) in [6, 6.07) is 5.49. The molecule has 156 valence electrons. The summed E-state index contributed by atoms with van der Waals surface area (Å²) in [5.41, 5.74) is 3.29. The average molecular weight is 416 g/mol. The highest BCUT2D eigenvalue weighted by atomic mass is 19.1. The summed E-state index contributed by atoms with van der Waals surface area (Å²) in [6.45, 7) is 1.66. The van der Waals surface area contributed by atoms with E-state index in [0.29, 0.717) is 23.7 Å². The van der Waals surface area contributed by atoms with E-state index in [2.05, 4.69) is 30.0 Å². The Hall–Kier alpha value is -3.68. The molecule has 7 nitrogen and oxygen atoms in total. The summed E-state index contributed by atoms with van der Waals surface area (Å²) in [5.74, 6) is 0.0971. The van der Waals surface area contributed by atoms with Crippen LogP contribution in [0.25, 0.3) is 16.7 Å². The van der Waals surface area contributed by atoms with Gasteiger partial charge in [-0.3, -0.25) is 9.78 Å². The number of hydrogen-bond acceptors (Lipinski definition) is 5. The van der Waals surface area contributed by atoms with E-state index in [4.69, 9.17) is 0 Å². The van der Waals surface area contributed by atoms with Crippen molar-refractivity contribution in [3.8, 4) is 11.1 Å². The lowest BCUT2D eigenvalue weighted by Gasteiger charge is -2.20. The summed E-state index contributed by atoms with van der Waals surface area (Å²) in [6.07, 6.45) is 13.7. The Balaban J connectivity index is 1.30. The summed E-state index contributed by atoms with van der Waals surface area (Å²) < 4.78 is 15.6. The van der Waals surface area contributed by atoms with Crippen LogP contribution in [0, 0.1) is 12.9 Å². The number of aryl methyl sites for hydroxylation is 1. The van der Waals surface area contributed by atoms with Crippen LogP contribution in [-0.2, 0) is 0 Å². The average Bonchev–Trinajstić information content (AvgIpc) is 3.52. The monoisotopic (exact) mass is 416 g/mol. The van der Waals surface area contributed by atoms with Crippen molar-refractivity contribution in [3.63, 3.8) is 0 Å². The number of carbonyl (C=O) groups excluding carboxylic acids is 1. The highest BCUT2D eigenvalue weighted by Gasteiger charge is 2.28. The Bertz CT molecular complexity index is 1210. The molecule has 2 aliphatic carbocycles. The van der Waals surface area contributed by atoms with E-state index in [1.54, 1.807) is 37.6 Å². The predicted octanol–water partition coefficient (Wildman–Crippen LogP) is 3.66. The van der Waals surface area contributed by atoms with Gasteiger partial charge in [-0.1, -0.05) is 18.2 Å². The second-order valence-electron chi connectivity index (χ2n) is 7.92. The van der Waals surface area contributed by atoms with Gasteiger partial charge >= 0.3 is 0 Å². The van der Waals surface area contributed by atoms with E-state index in [1.165, 1.54) is 6.20 Å². The minimum absolute atomic E-state index is 0.169. The lowest BCUT2D eigenvalue weighted by atomic mass is 9.99. The van der Waals surface area contributed by atoms with Crippen molar-refractivity contribution in [1.29, 1.82) is 0 Å². The normalized spacial score (nSPS) is 18.0. The lowest BCUT2D eigenvalue weighted by Crippen LogP contribution is -2.35.